The van der Waals surface area contributed by atoms with Crippen molar-refractivity contribution in [2.24, 2.45) is 5.92 Å². The summed E-state index contributed by atoms with van der Waals surface area (Å²) in [5, 5.41) is 11.3. The molecule has 0 bridgehead atoms. The number of carbonyl (C=O) groups is 6. The zero-order chi connectivity index (χ0) is 39.9. The minimum Gasteiger partial charge on any atom is -0.454 e. The van der Waals surface area contributed by atoms with Gasteiger partial charge < -0.3 is 30.7 Å². The second-order valence-electron chi connectivity index (χ2n) is 15.2. The molecule has 3 aromatic carbocycles. The molecule has 5 aliphatic rings. The Kier molecular flexibility index (Phi) is 12.4. The van der Waals surface area contributed by atoms with E-state index in [2.05, 4.69) is 21.3 Å². The molecule has 2 unspecified atom stereocenters. The second kappa shape index (κ2) is 17.9. The first-order valence-corrected chi connectivity index (χ1v) is 20.2. The summed E-state index contributed by atoms with van der Waals surface area (Å²) in [5.74, 6) is -1.12. The fourth-order valence-electron chi connectivity index (χ4n) is 8.25. The van der Waals surface area contributed by atoms with Crippen molar-refractivity contribution in [1.82, 2.24) is 10.6 Å². The van der Waals surface area contributed by atoms with Gasteiger partial charge in [-0.1, -0.05) is 69.7 Å². The Hall–Kier alpha value is -5.92. The van der Waals surface area contributed by atoms with Crippen LogP contribution < -0.4 is 40.5 Å². The summed E-state index contributed by atoms with van der Waals surface area (Å²) >= 11 is 0. The number of anilines is 4. The van der Waals surface area contributed by atoms with Crippen molar-refractivity contribution in [1.29, 1.82) is 0 Å². The van der Waals surface area contributed by atoms with Crippen LogP contribution in [0.5, 0.6) is 11.5 Å². The lowest BCUT2D eigenvalue weighted by Crippen LogP contribution is -2.59. The minimum atomic E-state index is -1.31. The fraction of sp³-hybridized carbons (Fsp3) is 0.442. The van der Waals surface area contributed by atoms with Crippen LogP contribution in [0.15, 0.2) is 66.7 Å². The van der Waals surface area contributed by atoms with Gasteiger partial charge >= 0.3 is 0 Å². The number of ether oxygens (including phenoxy) is 2. The fourth-order valence-corrected chi connectivity index (χ4v) is 8.25. The molecule has 2 fully saturated rings. The maximum atomic E-state index is 13.4. The van der Waals surface area contributed by atoms with Gasteiger partial charge in [0.1, 0.15) is 0 Å². The average Bonchev–Trinajstić information content (AvgIpc) is 3.71. The maximum absolute atomic E-state index is 13.4. The van der Waals surface area contributed by atoms with Gasteiger partial charge in [-0.3, -0.25) is 38.6 Å². The van der Waals surface area contributed by atoms with E-state index in [1.165, 1.54) is 22.6 Å². The van der Waals surface area contributed by atoms with Crippen LogP contribution in [0.3, 0.4) is 0 Å². The quantitative estimate of drug-likeness (QED) is 0.212. The lowest BCUT2D eigenvalue weighted by molar-refractivity contribution is -0.133. The zero-order valence-electron chi connectivity index (χ0n) is 32.2. The van der Waals surface area contributed by atoms with Gasteiger partial charge in [-0.2, -0.15) is 0 Å². The number of amides is 6. The summed E-state index contributed by atoms with van der Waals surface area (Å²) in [4.78, 5) is 80.8. The van der Waals surface area contributed by atoms with Crippen LogP contribution >= 0.6 is 0 Å². The first-order chi connectivity index (χ1) is 27.7. The van der Waals surface area contributed by atoms with E-state index >= 15 is 0 Å². The molecule has 8 rings (SSSR count). The average molecular weight is 779 g/mol. The van der Waals surface area contributed by atoms with Crippen LogP contribution in [0.1, 0.15) is 94.3 Å². The highest BCUT2D eigenvalue weighted by Crippen LogP contribution is 2.37. The Morgan fingerprint density at radius 1 is 0.702 bits per heavy atom. The van der Waals surface area contributed by atoms with E-state index in [1.807, 2.05) is 25.1 Å². The van der Waals surface area contributed by atoms with Crippen LogP contribution in [0.4, 0.5) is 22.7 Å². The number of nitrogens with zero attached hydrogens (tertiary/aromatic N) is 2. The summed E-state index contributed by atoms with van der Waals surface area (Å²) < 4.78 is 10.6. The Morgan fingerprint density at radius 3 is 1.93 bits per heavy atom. The van der Waals surface area contributed by atoms with Gasteiger partial charge in [0.2, 0.25) is 12.7 Å². The number of rotatable bonds is 8. The molecule has 6 amide bonds. The zero-order valence-corrected chi connectivity index (χ0v) is 32.2. The molecule has 14 heteroatoms. The Bertz CT molecular complexity index is 2010. The molecular weight excluding hydrogens is 729 g/mol. The van der Waals surface area contributed by atoms with Crippen molar-refractivity contribution >= 4 is 58.2 Å². The highest BCUT2D eigenvalue weighted by Gasteiger charge is 2.44. The third kappa shape index (κ3) is 8.74. The highest BCUT2D eigenvalue weighted by molar-refractivity contribution is 6.24. The molecule has 2 aliphatic carbocycles. The van der Waals surface area contributed by atoms with Crippen LogP contribution in [-0.4, -0.2) is 66.9 Å². The van der Waals surface area contributed by atoms with Crippen molar-refractivity contribution < 1.29 is 38.2 Å². The number of fused-ring (bicyclic) bond motifs is 3. The van der Waals surface area contributed by atoms with E-state index in [0.717, 1.165) is 51.4 Å². The van der Waals surface area contributed by atoms with Crippen molar-refractivity contribution in [2.75, 3.05) is 33.8 Å². The van der Waals surface area contributed by atoms with Crippen LogP contribution in [0.25, 0.3) is 0 Å². The molecule has 0 aromatic heterocycles. The van der Waals surface area contributed by atoms with Gasteiger partial charge in [0.25, 0.3) is 29.5 Å². The van der Waals surface area contributed by atoms with E-state index in [4.69, 9.17) is 9.47 Å². The molecule has 3 aliphatic heterocycles. The minimum absolute atomic E-state index is 0.0873. The third-order valence-electron chi connectivity index (χ3n) is 11.1. The topological polar surface area (TPSA) is 175 Å². The van der Waals surface area contributed by atoms with Gasteiger partial charge in [-0.15, -0.1) is 0 Å². The van der Waals surface area contributed by atoms with E-state index in [-0.39, 0.29) is 24.6 Å². The molecule has 14 nitrogen and oxygen atoms in total. The van der Waals surface area contributed by atoms with Gasteiger partial charge in [-0.05, 0) is 80.5 Å². The number of carbonyl (C=O) groups excluding carboxylic acids is 6. The molecule has 3 heterocycles. The molecule has 2 saturated carbocycles. The first kappa shape index (κ1) is 39.3. The van der Waals surface area contributed by atoms with Crippen molar-refractivity contribution in [2.45, 2.75) is 102 Å². The summed E-state index contributed by atoms with van der Waals surface area (Å²) in [6, 6.07) is 16.6. The largest absolute Gasteiger partial charge is 0.454 e. The summed E-state index contributed by atoms with van der Waals surface area (Å²) in [6.45, 7) is 2.41. The van der Waals surface area contributed by atoms with Crippen LogP contribution in [-0.2, 0) is 24.0 Å². The molecule has 2 atom stereocenters. The smallest absolute Gasteiger partial charge is 0.259 e. The van der Waals surface area contributed by atoms with Gasteiger partial charge in [0.15, 0.2) is 23.6 Å². The summed E-state index contributed by atoms with van der Waals surface area (Å²) in [6.07, 6.45) is 12.0. The number of nitrogens with one attached hydrogen (secondary N) is 4. The standard InChI is InChI=1S/C23H31N3O3.C20H19N3O5/c27-20(15-16-9-3-1-4-10-16)26-19-14-8-7-13-18(19)25-23(29)21(26)22(28)24-17-11-5-2-6-12-17;1-2-9-21-18(24)17-19(25)22-13-5-3-4-6-14(13)23(17)20(26)12-7-8-15-16(10-12)28-11-27-15/h7-8,13-14,16-17,21H,1-6,9-12,15H2,(H,24,28)(H,25,29);3-8,10,17H,2,9,11H2,1H3,(H,21,24)(H,22,25). The van der Waals surface area contributed by atoms with Crippen LogP contribution in [0, 0.1) is 5.92 Å². The summed E-state index contributed by atoms with van der Waals surface area (Å²) in [5.41, 5.74) is 2.44. The Balaban J connectivity index is 0.000000174. The number of para-hydroxylation sites is 4. The number of benzene rings is 3. The molecule has 0 radical (unpaired) electrons. The predicted molar refractivity (Wildman–Crippen MR) is 214 cm³/mol. The third-order valence-corrected chi connectivity index (χ3v) is 11.1. The normalized spacial score (nSPS) is 20.2. The lowest BCUT2D eigenvalue weighted by atomic mass is 9.86. The Labute approximate surface area is 332 Å². The van der Waals surface area contributed by atoms with E-state index in [1.54, 1.807) is 48.5 Å². The SMILES string of the molecule is CCCNC(=O)C1C(=O)Nc2ccccc2N1C(=O)c1ccc2c(c1)OCO2.O=C1Nc2ccccc2N(C(=O)CC2CCCCC2)C1C(=O)NC1CCCCC1. The van der Waals surface area contributed by atoms with Crippen molar-refractivity contribution in [3.05, 3.63) is 72.3 Å². The summed E-state index contributed by atoms with van der Waals surface area (Å²) in [7, 11) is 0. The molecular formula is C43H50N6O8. The first-order valence-electron chi connectivity index (χ1n) is 20.2. The predicted octanol–water partition coefficient (Wildman–Crippen LogP) is 5.67. The number of hydrogen-bond donors (Lipinski definition) is 4. The molecule has 57 heavy (non-hydrogen) atoms. The molecule has 0 saturated heterocycles. The van der Waals surface area contributed by atoms with Gasteiger partial charge in [0.05, 0.1) is 22.7 Å². The lowest BCUT2D eigenvalue weighted by Gasteiger charge is -2.37. The second-order valence-corrected chi connectivity index (χ2v) is 15.2. The molecule has 300 valence electrons. The number of hydrogen-bond acceptors (Lipinski definition) is 8. The van der Waals surface area contributed by atoms with Gasteiger partial charge in [0, 0.05) is 24.6 Å². The molecule has 4 N–H and O–H groups in total. The van der Waals surface area contributed by atoms with E-state index in [9.17, 15) is 28.8 Å². The molecule has 3 aromatic rings. The van der Waals surface area contributed by atoms with E-state index < -0.39 is 35.7 Å². The monoisotopic (exact) mass is 778 g/mol. The maximum Gasteiger partial charge on any atom is 0.259 e. The van der Waals surface area contributed by atoms with Gasteiger partial charge in [-0.25, -0.2) is 0 Å². The van der Waals surface area contributed by atoms with Crippen LogP contribution in [0.2, 0.25) is 0 Å². The van der Waals surface area contributed by atoms with Crippen molar-refractivity contribution in [3.63, 3.8) is 0 Å². The molecule has 0 spiro atoms. The van der Waals surface area contributed by atoms with Crippen molar-refractivity contribution in [3.8, 4) is 11.5 Å². The highest BCUT2D eigenvalue weighted by atomic mass is 16.7. The Morgan fingerprint density at radius 2 is 1.28 bits per heavy atom. The van der Waals surface area contributed by atoms with E-state index in [0.29, 0.717) is 65.1 Å².